The highest BCUT2D eigenvalue weighted by molar-refractivity contribution is 7.17. The number of halogens is 3. The molecule has 0 amide bonds. The Labute approximate surface area is 469 Å². The van der Waals surface area contributed by atoms with Gasteiger partial charge in [0.1, 0.15) is 0 Å². The van der Waals surface area contributed by atoms with Crippen LogP contribution in [-0.4, -0.2) is 81.1 Å². The lowest BCUT2D eigenvalue weighted by Gasteiger charge is -2.27. The van der Waals surface area contributed by atoms with Gasteiger partial charge in [-0.2, -0.15) is 44.9 Å². The van der Waals surface area contributed by atoms with Crippen molar-refractivity contribution in [2.24, 2.45) is 5.73 Å². The van der Waals surface area contributed by atoms with Crippen LogP contribution in [0.3, 0.4) is 0 Å². The summed E-state index contributed by atoms with van der Waals surface area (Å²) < 4.78 is 18.2. The fourth-order valence-corrected chi connectivity index (χ4v) is 9.17. The third-order valence-electron chi connectivity index (χ3n) is 10.3. The molecule has 0 bridgehead atoms. The number of nitrogen functional groups attached to an aromatic ring is 1. The first-order valence-corrected chi connectivity index (χ1v) is 26.6. The fraction of sp³-hybridized carbons (Fsp3) is 0.176. The number of nitrogens with two attached hydrogens (primary N) is 2. The van der Waals surface area contributed by atoms with Crippen molar-refractivity contribution in [1.29, 1.82) is 0 Å². The zero-order valence-electron chi connectivity index (χ0n) is 42.3. The number of hydrogen-bond acceptors (Lipinski definition) is 23. The maximum absolute atomic E-state index is 5.86. The van der Waals surface area contributed by atoms with Crippen molar-refractivity contribution in [3.8, 4) is 18.0 Å². The lowest BCUT2D eigenvalue weighted by Crippen LogP contribution is -2.29. The number of anilines is 6. The smallest absolute Gasteiger partial charge is 0.322 e. The maximum atomic E-state index is 5.86. The van der Waals surface area contributed by atoms with Gasteiger partial charge >= 0.3 is 18.0 Å². The summed E-state index contributed by atoms with van der Waals surface area (Å²) in [4.78, 5) is 48.4. The number of fused-ring (bicyclic) bond motifs is 3. The van der Waals surface area contributed by atoms with Gasteiger partial charge in [-0.3, -0.25) is 0 Å². The van der Waals surface area contributed by atoms with E-state index in [9.17, 15) is 0 Å². The summed E-state index contributed by atoms with van der Waals surface area (Å²) in [5, 5.41) is 9.77. The number of ether oxygens (including phenoxy) is 3. The number of benzene rings is 5. The Bertz CT molecular complexity index is 3630. The number of hydrogen-bond donors (Lipinski definition) is 5. The first kappa shape index (κ1) is 56.9. The van der Waals surface area contributed by atoms with Crippen LogP contribution in [0.4, 0.5) is 34.9 Å². The third-order valence-corrected chi connectivity index (χ3v) is 13.2. The lowest BCUT2D eigenvalue weighted by molar-refractivity contribution is 0.378. The molecule has 20 nitrogen and oxygen atoms in total. The minimum absolute atomic E-state index is 0.0249. The third kappa shape index (κ3) is 17.1. The summed E-state index contributed by atoms with van der Waals surface area (Å²) in [6, 6.07) is 38.2. The molecule has 0 fully saturated rings. The minimum atomic E-state index is -0.369. The van der Waals surface area contributed by atoms with Crippen molar-refractivity contribution in [1.82, 2.24) is 59.8 Å². The number of rotatable bonds is 11. The molecule has 0 unspecified atom stereocenters. The molecule has 0 aliphatic heterocycles. The fourth-order valence-electron chi connectivity index (χ4n) is 6.51. The molecule has 0 saturated carbocycles. The number of aromatic nitrogens is 12. The second-order valence-corrected chi connectivity index (χ2v) is 20.5. The van der Waals surface area contributed by atoms with Gasteiger partial charge in [-0.25, -0.2) is 15.0 Å². The highest BCUT2D eigenvalue weighted by atomic mass is 35.5. The summed E-state index contributed by atoms with van der Waals surface area (Å²) >= 11 is 21.4. The minimum Gasteiger partial charge on any atom is -0.467 e. The van der Waals surface area contributed by atoms with Gasteiger partial charge < -0.3 is 41.6 Å². The summed E-state index contributed by atoms with van der Waals surface area (Å²) in [6.07, 6.45) is 0. The summed E-state index contributed by atoms with van der Waals surface area (Å²) in [5.41, 5.74) is 24.1. The molecule has 26 heteroatoms. The van der Waals surface area contributed by atoms with Crippen molar-refractivity contribution in [3.05, 3.63) is 159 Å². The van der Waals surface area contributed by atoms with Crippen molar-refractivity contribution >= 4 is 134 Å². The van der Waals surface area contributed by atoms with Crippen LogP contribution >= 0.6 is 68.8 Å². The van der Waals surface area contributed by atoms with E-state index in [4.69, 9.17) is 55.7 Å². The summed E-state index contributed by atoms with van der Waals surface area (Å²) in [7, 11) is 4.43. The average molecular weight is 1150 g/mol. The van der Waals surface area contributed by atoms with E-state index in [0.717, 1.165) is 53.3 Å². The topological polar surface area (TPSA) is 270 Å². The van der Waals surface area contributed by atoms with Crippen molar-refractivity contribution in [2.75, 3.05) is 43.0 Å². The highest BCUT2D eigenvalue weighted by Gasteiger charge is 2.22. The molecule has 0 spiro atoms. The molecule has 0 aliphatic carbocycles. The van der Waals surface area contributed by atoms with Gasteiger partial charge in [-0.1, -0.05) is 60.7 Å². The van der Waals surface area contributed by atoms with Crippen LogP contribution in [0, 0.1) is 0 Å². The standard InChI is InChI=1S/C20H20N6OS.C11H8ClN5OS.C9H13N.C7H6N2S.C4H3Cl2N3O/c1-20(2,13-7-5-4-6-8-13)26-18-23-17(24-19(25-18)27-3)22-14-9-10-15-16(11-14)28-12-21-15;1-18-11-16-9(12)15-10(17-11)14-6-2-3-7-8(4-6)19-5-13-7;1-9(2,10)8-6-4-3-5-7-8;8-5-1-2-6-7(3-5)10-4-9-6;1-10-4-8-2(5)7-3(6)9-4/h4-12H,1-3H3,(H2,22,23,24,25,26);2-5H,1H3,(H,14,15,16,17);3-7H,10H2,1-2H3;1-4H,8H2;1H3. The number of methoxy groups -OCH3 is 3. The van der Waals surface area contributed by atoms with Gasteiger partial charge in [-0.15, -0.1) is 34.0 Å². The molecule has 11 rings (SSSR count). The maximum Gasteiger partial charge on any atom is 0.322 e. The van der Waals surface area contributed by atoms with Gasteiger partial charge in [0.05, 0.1) is 74.0 Å². The SMILES string of the molecule is CC(C)(N)c1ccccc1.COc1nc(Cl)nc(Cl)n1.COc1nc(Cl)nc(Nc2ccc3ncsc3c2)n1.COc1nc(Nc2ccc3ncsc3c2)nc(NC(C)(C)c2ccccc2)n1.Nc1ccc2ncsc2c1. The number of nitrogens with zero attached hydrogens (tertiary/aromatic N) is 12. The summed E-state index contributed by atoms with van der Waals surface area (Å²) in [6.45, 7) is 8.15. The molecular formula is C51H50Cl3N17O3S3. The molecule has 0 radical (unpaired) electrons. The molecule has 0 aliphatic rings. The second-order valence-electron chi connectivity index (χ2n) is 16.8. The zero-order chi connectivity index (χ0) is 55.0. The molecule has 7 N–H and O–H groups in total. The predicted molar refractivity (Wildman–Crippen MR) is 311 cm³/mol. The average Bonchev–Trinajstić information content (AvgIpc) is 4.21. The number of thiazole rings is 3. The Morgan fingerprint density at radius 3 is 1.32 bits per heavy atom. The van der Waals surface area contributed by atoms with Crippen LogP contribution in [-0.2, 0) is 11.1 Å². The molecule has 11 aromatic rings. The van der Waals surface area contributed by atoms with Gasteiger partial charge in [0.15, 0.2) is 0 Å². The highest BCUT2D eigenvalue weighted by Crippen LogP contribution is 2.28. The van der Waals surface area contributed by atoms with E-state index in [0.29, 0.717) is 17.8 Å². The van der Waals surface area contributed by atoms with Crippen LogP contribution in [0.1, 0.15) is 38.8 Å². The van der Waals surface area contributed by atoms with Crippen LogP contribution in [0.5, 0.6) is 18.0 Å². The molecule has 77 heavy (non-hydrogen) atoms. The van der Waals surface area contributed by atoms with Crippen LogP contribution in [0.15, 0.2) is 132 Å². The van der Waals surface area contributed by atoms with Crippen LogP contribution in [0.25, 0.3) is 30.6 Å². The quantitative estimate of drug-likeness (QED) is 0.0753. The van der Waals surface area contributed by atoms with Crippen molar-refractivity contribution < 1.29 is 14.2 Å². The zero-order valence-corrected chi connectivity index (χ0v) is 47.0. The van der Waals surface area contributed by atoms with E-state index in [1.807, 2.05) is 128 Å². The molecular weight excluding hydrogens is 1100 g/mol. The Morgan fingerprint density at radius 2 is 0.857 bits per heavy atom. The largest absolute Gasteiger partial charge is 0.467 e. The molecule has 5 aromatic carbocycles. The van der Waals surface area contributed by atoms with E-state index < -0.39 is 0 Å². The lowest BCUT2D eigenvalue weighted by atomic mass is 9.95. The van der Waals surface area contributed by atoms with E-state index in [2.05, 4.69) is 106 Å². The Morgan fingerprint density at radius 1 is 0.455 bits per heavy atom. The Kier molecular flexibility index (Phi) is 19.8. The number of nitrogens with one attached hydrogen (secondary N) is 3. The van der Waals surface area contributed by atoms with E-state index in [-0.39, 0.29) is 45.0 Å². The van der Waals surface area contributed by atoms with E-state index >= 15 is 0 Å². The predicted octanol–water partition coefficient (Wildman–Crippen LogP) is 12.4. The Hall–Kier alpha value is -7.77. The molecule has 0 saturated heterocycles. The van der Waals surface area contributed by atoms with Crippen LogP contribution in [0.2, 0.25) is 15.9 Å². The van der Waals surface area contributed by atoms with E-state index in [1.54, 1.807) is 39.5 Å². The van der Waals surface area contributed by atoms with Crippen molar-refractivity contribution in [3.63, 3.8) is 0 Å². The first-order valence-electron chi connectivity index (χ1n) is 22.8. The van der Waals surface area contributed by atoms with Gasteiger partial charge in [0.2, 0.25) is 33.7 Å². The van der Waals surface area contributed by atoms with Gasteiger partial charge in [0.25, 0.3) is 0 Å². The molecule has 6 heterocycles. The van der Waals surface area contributed by atoms with Gasteiger partial charge in [0, 0.05) is 22.6 Å². The normalized spacial score (nSPS) is 10.8. The van der Waals surface area contributed by atoms with E-state index in [1.165, 1.54) is 26.9 Å². The first-order chi connectivity index (χ1) is 37.0. The molecule has 6 aromatic heterocycles. The van der Waals surface area contributed by atoms with Crippen LogP contribution < -0.4 is 41.6 Å². The molecule has 396 valence electrons. The molecule has 0 atom stereocenters. The second kappa shape index (κ2) is 26.8. The Balaban J connectivity index is 0.000000151. The monoisotopic (exact) mass is 1150 g/mol. The summed E-state index contributed by atoms with van der Waals surface area (Å²) in [5.74, 6) is 1.17. The van der Waals surface area contributed by atoms with Gasteiger partial charge in [-0.05, 0) is 128 Å². The van der Waals surface area contributed by atoms with Crippen molar-refractivity contribution in [2.45, 2.75) is 38.8 Å².